The van der Waals surface area contributed by atoms with Gasteiger partial charge in [-0.15, -0.1) is 0 Å². The number of nitrogens with zero attached hydrogens (tertiary/aromatic N) is 1. The number of pyridine rings is 1. The van der Waals surface area contributed by atoms with Crippen LogP contribution >= 0.6 is 11.6 Å². The first-order chi connectivity index (χ1) is 10.2. The minimum atomic E-state index is -0.184. The van der Waals surface area contributed by atoms with Crippen molar-refractivity contribution in [1.29, 1.82) is 0 Å². The quantitative estimate of drug-likeness (QED) is 0.848. The molecule has 0 aromatic carbocycles. The highest BCUT2D eigenvalue weighted by Gasteiger charge is 2.17. The number of rotatable bonds is 6. The molecule has 1 amide bonds. The molecule has 5 nitrogen and oxygen atoms in total. The Hall–Kier alpha value is -1.33. The topological polar surface area (TPSA) is 63.2 Å². The summed E-state index contributed by atoms with van der Waals surface area (Å²) >= 11 is 6.06. The van der Waals surface area contributed by atoms with Crippen LogP contribution in [0.25, 0.3) is 0 Å². The second kappa shape index (κ2) is 8.20. The third-order valence-corrected chi connectivity index (χ3v) is 3.72. The van der Waals surface area contributed by atoms with E-state index in [0.29, 0.717) is 22.9 Å². The Bertz CT molecular complexity index is 476. The van der Waals surface area contributed by atoms with E-state index < -0.39 is 0 Å². The molecule has 1 aliphatic rings. The molecular weight excluding hydrogens is 290 g/mol. The van der Waals surface area contributed by atoms with Crippen molar-refractivity contribution in [1.82, 2.24) is 10.3 Å². The molecule has 1 fully saturated rings. The molecule has 0 bridgehead atoms. The summed E-state index contributed by atoms with van der Waals surface area (Å²) in [4.78, 5) is 16.4. The average molecular weight is 312 g/mol. The van der Waals surface area contributed by atoms with Crippen molar-refractivity contribution in [3.05, 3.63) is 22.8 Å². The molecular formula is C15H22ClN3O2. The maximum absolute atomic E-state index is 12.2. The van der Waals surface area contributed by atoms with Crippen molar-refractivity contribution >= 4 is 23.3 Å². The molecule has 0 radical (unpaired) electrons. The van der Waals surface area contributed by atoms with Crippen molar-refractivity contribution in [3.8, 4) is 0 Å². The third-order valence-electron chi connectivity index (χ3n) is 3.42. The number of carbonyl (C=O) groups excluding carboxylic acids is 1. The Morgan fingerprint density at radius 2 is 2.38 bits per heavy atom. The summed E-state index contributed by atoms with van der Waals surface area (Å²) < 4.78 is 5.60. The van der Waals surface area contributed by atoms with Crippen LogP contribution in [0.1, 0.15) is 43.0 Å². The fourth-order valence-electron chi connectivity index (χ4n) is 2.23. The van der Waals surface area contributed by atoms with Crippen molar-refractivity contribution in [3.63, 3.8) is 0 Å². The van der Waals surface area contributed by atoms with Gasteiger partial charge in [-0.1, -0.05) is 18.5 Å². The van der Waals surface area contributed by atoms with E-state index in [2.05, 4.69) is 22.5 Å². The Morgan fingerprint density at radius 3 is 3.10 bits per heavy atom. The van der Waals surface area contributed by atoms with E-state index in [1.807, 2.05) is 0 Å². The first-order valence-corrected chi connectivity index (χ1v) is 7.87. The number of hydrogen-bond donors (Lipinski definition) is 2. The maximum Gasteiger partial charge on any atom is 0.253 e. The Balaban J connectivity index is 1.93. The monoisotopic (exact) mass is 311 g/mol. The lowest BCUT2D eigenvalue weighted by atomic mass is 10.1. The molecule has 0 saturated carbocycles. The van der Waals surface area contributed by atoms with Crippen molar-refractivity contribution < 1.29 is 9.53 Å². The average Bonchev–Trinajstić information content (AvgIpc) is 2.53. The molecule has 1 aromatic rings. The molecule has 1 aliphatic heterocycles. The van der Waals surface area contributed by atoms with Crippen LogP contribution in [0.15, 0.2) is 12.3 Å². The van der Waals surface area contributed by atoms with Crippen molar-refractivity contribution in [2.24, 2.45) is 0 Å². The normalized spacial score (nSPS) is 18.3. The Labute approximate surface area is 130 Å². The molecule has 1 saturated heterocycles. The zero-order valence-corrected chi connectivity index (χ0v) is 13.1. The van der Waals surface area contributed by atoms with Gasteiger partial charge < -0.3 is 15.4 Å². The minimum absolute atomic E-state index is 0.112. The van der Waals surface area contributed by atoms with E-state index in [9.17, 15) is 4.79 Å². The lowest BCUT2D eigenvalue weighted by molar-refractivity contribution is 0.0169. The second-order valence-electron chi connectivity index (χ2n) is 5.17. The minimum Gasteiger partial charge on any atom is -0.376 e. The molecule has 2 N–H and O–H groups in total. The summed E-state index contributed by atoms with van der Waals surface area (Å²) in [5, 5.41) is 6.40. The summed E-state index contributed by atoms with van der Waals surface area (Å²) in [7, 11) is 0. The molecule has 116 valence electrons. The second-order valence-corrected chi connectivity index (χ2v) is 5.58. The fraction of sp³-hybridized carbons (Fsp3) is 0.600. The van der Waals surface area contributed by atoms with Gasteiger partial charge in [0.2, 0.25) is 0 Å². The Kier molecular flexibility index (Phi) is 6.26. The number of amides is 1. The van der Waals surface area contributed by atoms with Gasteiger partial charge in [-0.2, -0.15) is 0 Å². The van der Waals surface area contributed by atoms with E-state index in [1.54, 1.807) is 6.07 Å². The third kappa shape index (κ3) is 4.86. The lowest BCUT2D eigenvalue weighted by Gasteiger charge is -2.22. The zero-order chi connectivity index (χ0) is 15.1. The fourth-order valence-corrected chi connectivity index (χ4v) is 2.42. The van der Waals surface area contributed by atoms with Gasteiger partial charge in [0.05, 0.1) is 16.7 Å². The number of anilines is 1. The number of halogens is 1. The van der Waals surface area contributed by atoms with Crippen LogP contribution in [0, 0.1) is 0 Å². The van der Waals surface area contributed by atoms with Crippen LogP contribution in [0.5, 0.6) is 0 Å². The van der Waals surface area contributed by atoms with Crippen LogP contribution in [-0.2, 0) is 4.74 Å². The predicted molar refractivity (Wildman–Crippen MR) is 84.0 cm³/mol. The van der Waals surface area contributed by atoms with Gasteiger partial charge in [0.25, 0.3) is 5.91 Å². The number of aromatic nitrogens is 1. The molecule has 0 spiro atoms. The molecule has 2 rings (SSSR count). The van der Waals surface area contributed by atoms with Gasteiger partial charge in [0.1, 0.15) is 5.82 Å². The summed E-state index contributed by atoms with van der Waals surface area (Å²) in [5.74, 6) is 0.483. The molecule has 2 heterocycles. The summed E-state index contributed by atoms with van der Waals surface area (Å²) in [5.41, 5.74) is 0.445. The summed E-state index contributed by atoms with van der Waals surface area (Å²) in [6.07, 6.45) is 5.86. The maximum atomic E-state index is 12.2. The highest BCUT2D eigenvalue weighted by Crippen LogP contribution is 2.18. The van der Waals surface area contributed by atoms with Crippen molar-refractivity contribution in [2.45, 2.75) is 38.7 Å². The SMILES string of the molecule is CCCNc1cc(C(=O)NCC2CCCCO2)c(Cl)cn1. The highest BCUT2D eigenvalue weighted by molar-refractivity contribution is 6.33. The van der Waals surface area contributed by atoms with Crippen LogP contribution in [0.2, 0.25) is 5.02 Å². The number of ether oxygens (including phenoxy) is 1. The molecule has 6 heteroatoms. The summed E-state index contributed by atoms with van der Waals surface area (Å²) in [6.45, 7) is 4.18. The number of carbonyl (C=O) groups is 1. The van der Waals surface area contributed by atoms with Gasteiger partial charge in [0.15, 0.2) is 0 Å². The first-order valence-electron chi connectivity index (χ1n) is 7.50. The molecule has 1 unspecified atom stereocenters. The molecule has 21 heavy (non-hydrogen) atoms. The van der Waals surface area contributed by atoms with E-state index >= 15 is 0 Å². The van der Waals surface area contributed by atoms with Gasteiger partial charge in [-0.05, 0) is 31.7 Å². The van der Waals surface area contributed by atoms with Crippen LogP contribution in [0.3, 0.4) is 0 Å². The van der Waals surface area contributed by atoms with Crippen LogP contribution in [-0.4, -0.2) is 36.7 Å². The van der Waals surface area contributed by atoms with E-state index in [-0.39, 0.29) is 12.0 Å². The molecule has 1 atom stereocenters. The van der Waals surface area contributed by atoms with Crippen LogP contribution < -0.4 is 10.6 Å². The van der Waals surface area contributed by atoms with E-state index in [0.717, 1.165) is 38.8 Å². The standard InChI is InChI=1S/C15H22ClN3O2/c1-2-6-17-14-8-12(13(16)10-18-14)15(20)19-9-11-5-3-4-7-21-11/h8,10-11H,2-7,9H2,1H3,(H,17,18)(H,19,20). The van der Waals surface area contributed by atoms with E-state index in [1.165, 1.54) is 6.20 Å². The lowest BCUT2D eigenvalue weighted by Crippen LogP contribution is -2.35. The van der Waals surface area contributed by atoms with Crippen molar-refractivity contribution in [2.75, 3.05) is 25.0 Å². The van der Waals surface area contributed by atoms with Gasteiger partial charge in [-0.25, -0.2) is 4.98 Å². The van der Waals surface area contributed by atoms with Gasteiger partial charge in [-0.3, -0.25) is 4.79 Å². The molecule has 1 aromatic heterocycles. The smallest absolute Gasteiger partial charge is 0.253 e. The van der Waals surface area contributed by atoms with Crippen LogP contribution in [0.4, 0.5) is 5.82 Å². The highest BCUT2D eigenvalue weighted by atomic mass is 35.5. The largest absolute Gasteiger partial charge is 0.376 e. The molecule has 0 aliphatic carbocycles. The van der Waals surface area contributed by atoms with Gasteiger partial charge >= 0.3 is 0 Å². The van der Waals surface area contributed by atoms with E-state index in [4.69, 9.17) is 16.3 Å². The van der Waals surface area contributed by atoms with Gasteiger partial charge in [0, 0.05) is 25.9 Å². The Morgan fingerprint density at radius 1 is 1.52 bits per heavy atom. The number of nitrogens with one attached hydrogen (secondary N) is 2. The first kappa shape index (κ1) is 16.0. The summed E-state index contributed by atoms with van der Waals surface area (Å²) in [6, 6.07) is 1.69. The number of hydrogen-bond acceptors (Lipinski definition) is 4. The zero-order valence-electron chi connectivity index (χ0n) is 12.3. The predicted octanol–water partition coefficient (Wildman–Crippen LogP) is 2.86.